The molecule has 6 heteroatoms. The second-order valence-electron chi connectivity index (χ2n) is 5.64. The predicted molar refractivity (Wildman–Crippen MR) is 103 cm³/mol. The third-order valence-electron chi connectivity index (χ3n) is 3.78. The first-order valence-electron chi connectivity index (χ1n) is 8.17. The van der Waals surface area contributed by atoms with E-state index in [4.69, 9.17) is 4.74 Å². The van der Waals surface area contributed by atoms with E-state index in [1.54, 1.807) is 25.3 Å². The van der Waals surface area contributed by atoms with Gasteiger partial charge in [0, 0.05) is 23.3 Å². The van der Waals surface area contributed by atoms with Crippen LogP contribution in [0, 0.1) is 6.92 Å². The van der Waals surface area contributed by atoms with Gasteiger partial charge in [-0.2, -0.15) is 0 Å². The molecular formula is C20H18N2O3S. The number of carbonyl (C=O) groups excluding carboxylic acids is 2. The molecule has 0 aliphatic rings. The third kappa shape index (κ3) is 3.81. The van der Waals surface area contributed by atoms with Gasteiger partial charge in [-0.05, 0) is 31.5 Å². The molecule has 0 bridgehead atoms. The Morgan fingerprint density at radius 2 is 1.96 bits per heavy atom. The number of esters is 1. The van der Waals surface area contributed by atoms with E-state index in [1.807, 2.05) is 36.6 Å². The van der Waals surface area contributed by atoms with Crippen molar-refractivity contribution < 1.29 is 14.3 Å². The van der Waals surface area contributed by atoms with Crippen LogP contribution >= 0.6 is 11.3 Å². The van der Waals surface area contributed by atoms with Gasteiger partial charge in [-0.3, -0.25) is 9.78 Å². The summed E-state index contributed by atoms with van der Waals surface area (Å²) < 4.78 is 5.20. The van der Waals surface area contributed by atoms with E-state index < -0.39 is 5.97 Å². The lowest BCUT2D eigenvalue weighted by atomic mass is 10.0. The van der Waals surface area contributed by atoms with Crippen LogP contribution in [0.2, 0.25) is 0 Å². The maximum atomic E-state index is 12.5. The minimum Gasteiger partial charge on any atom is -0.462 e. The van der Waals surface area contributed by atoms with E-state index in [0.29, 0.717) is 16.1 Å². The lowest BCUT2D eigenvalue weighted by molar-refractivity contribution is 0.0529. The quantitative estimate of drug-likeness (QED) is 0.673. The first kappa shape index (κ1) is 17.8. The van der Waals surface area contributed by atoms with Gasteiger partial charge >= 0.3 is 5.97 Å². The molecular weight excluding hydrogens is 348 g/mol. The second kappa shape index (κ2) is 7.93. The molecule has 2 aromatic heterocycles. The van der Waals surface area contributed by atoms with Crippen molar-refractivity contribution in [3.05, 3.63) is 70.9 Å². The van der Waals surface area contributed by atoms with E-state index in [9.17, 15) is 9.59 Å². The van der Waals surface area contributed by atoms with E-state index in [0.717, 1.165) is 16.7 Å². The largest absolute Gasteiger partial charge is 0.462 e. The average molecular weight is 366 g/mol. The van der Waals surface area contributed by atoms with E-state index >= 15 is 0 Å². The second-order valence-corrected chi connectivity index (χ2v) is 6.52. The summed E-state index contributed by atoms with van der Waals surface area (Å²) in [6, 6.07) is 11.2. The number of rotatable bonds is 5. The molecule has 0 aliphatic heterocycles. The molecule has 0 saturated carbocycles. The number of benzene rings is 1. The molecule has 0 spiro atoms. The Balaban J connectivity index is 1.98. The molecule has 0 saturated heterocycles. The standard InChI is InChI=1S/C20H18N2O3S/c1-3-25-20(24)17-16(14-8-6-13(2)7-9-14)12-26-19(17)22-18(23)15-5-4-10-21-11-15/h4-12H,3H2,1-2H3,(H,22,23). The van der Waals surface area contributed by atoms with Gasteiger partial charge in [0.15, 0.2) is 0 Å². The minimum atomic E-state index is -0.453. The van der Waals surface area contributed by atoms with Crippen LogP contribution in [0.5, 0.6) is 0 Å². The first-order valence-corrected chi connectivity index (χ1v) is 9.05. The van der Waals surface area contributed by atoms with Crippen LogP contribution in [0.3, 0.4) is 0 Å². The molecule has 0 fully saturated rings. The molecule has 0 unspecified atom stereocenters. The normalized spacial score (nSPS) is 10.4. The van der Waals surface area contributed by atoms with Gasteiger partial charge in [-0.15, -0.1) is 11.3 Å². The SMILES string of the molecule is CCOC(=O)c1c(-c2ccc(C)cc2)csc1NC(=O)c1cccnc1. The third-order valence-corrected chi connectivity index (χ3v) is 4.68. The fourth-order valence-corrected chi connectivity index (χ4v) is 3.43. The van der Waals surface area contributed by atoms with Gasteiger partial charge in [0.25, 0.3) is 5.91 Å². The van der Waals surface area contributed by atoms with Gasteiger partial charge < -0.3 is 10.1 Å². The summed E-state index contributed by atoms with van der Waals surface area (Å²) in [7, 11) is 0. The van der Waals surface area contributed by atoms with Crippen molar-refractivity contribution >= 4 is 28.2 Å². The zero-order valence-corrected chi connectivity index (χ0v) is 15.3. The number of hydrogen-bond donors (Lipinski definition) is 1. The predicted octanol–water partition coefficient (Wildman–Crippen LogP) is 4.55. The summed E-state index contributed by atoms with van der Waals surface area (Å²) in [5.41, 5.74) is 3.57. The molecule has 5 nitrogen and oxygen atoms in total. The van der Waals surface area contributed by atoms with Crippen molar-refractivity contribution in [1.82, 2.24) is 4.98 Å². The van der Waals surface area contributed by atoms with Crippen LogP contribution < -0.4 is 5.32 Å². The summed E-state index contributed by atoms with van der Waals surface area (Å²) in [6.45, 7) is 4.02. The number of nitrogens with zero attached hydrogens (tertiary/aromatic N) is 1. The molecule has 2 heterocycles. The number of ether oxygens (including phenoxy) is 1. The summed E-state index contributed by atoms with van der Waals surface area (Å²) in [6.07, 6.45) is 3.08. The van der Waals surface area contributed by atoms with E-state index in [2.05, 4.69) is 10.3 Å². The van der Waals surface area contributed by atoms with Crippen molar-refractivity contribution in [2.75, 3.05) is 11.9 Å². The number of amides is 1. The van der Waals surface area contributed by atoms with Crippen LogP contribution in [0.4, 0.5) is 5.00 Å². The highest BCUT2D eigenvalue weighted by atomic mass is 32.1. The average Bonchev–Trinajstić information content (AvgIpc) is 3.07. The molecule has 1 amide bonds. The molecule has 0 radical (unpaired) electrons. The summed E-state index contributed by atoms with van der Waals surface area (Å²) >= 11 is 1.30. The Labute approximate surface area is 155 Å². The van der Waals surface area contributed by atoms with Crippen LogP contribution in [0.25, 0.3) is 11.1 Å². The van der Waals surface area contributed by atoms with Crippen LogP contribution in [0.15, 0.2) is 54.2 Å². The van der Waals surface area contributed by atoms with Crippen molar-refractivity contribution in [3.63, 3.8) is 0 Å². The molecule has 3 aromatic rings. The molecule has 0 atom stereocenters. The fourth-order valence-electron chi connectivity index (χ4n) is 2.47. The Morgan fingerprint density at radius 1 is 1.19 bits per heavy atom. The maximum Gasteiger partial charge on any atom is 0.341 e. The fraction of sp³-hybridized carbons (Fsp3) is 0.150. The Morgan fingerprint density at radius 3 is 2.62 bits per heavy atom. The molecule has 1 N–H and O–H groups in total. The number of anilines is 1. The van der Waals surface area contributed by atoms with Gasteiger partial charge in [0.1, 0.15) is 10.6 Å². The first-order chi connectivity index (χ1) is 12.6. The highest BCUT2D eigenvalue weighted by Gasteiger charge is 2.23. The number of aryl methyl sites for hydroxylation is 1. The van der Waals surface area contributed by atoms with Gasteiger partial charge in [0.05, 0.1) is 12.2 Å². The number of thiophene rings is 1. The minimum absolute atomic E-state index is 0.262. The topological polar surface area (TPSA) is 68.3 Å². The van der Waals surface area contributed by atoms with Crippen molar-refractivity contribution in [2.45, 2.75) is 13.8 Å². The Bertz CT molecular complexity index is 918. The highest BCUT2D eigenvalue weighted by Crippen LogP contribution is 2.36. The van der Waals surface area contributed by atoms with E-state index in [-0.39, 0.29) is 12.5 Å². The number of nitrogens with one attached hydrogen (secondary N) is 1. The zero-order valence-electron chi connectivity index (χ0n) is 14.5. The highest BCUT2D eigenvalue weighted by molar-refractivity contribution is 7.15. The number of pyridine rings is 1. The molecule has 1 aromatic carbocycles. The van der Waals surface area contributed by atoms with Crippen LogP contribution in [0.1, 0.15) is 33.2 Å². The number of hydrogen-bond acceptors (Lipinski definition) is 5. The van der Waals surface area contributed by atoms with Crippen molar-refractivity contribution in [2.24, 2.45) is 0 Å². The van der Waals surface area contributed by atoms with Gasteiger partial charge in [-0.1, -0.05) is 29.8 Å². The summed E-state index contributed by atoms with van der Waals surface area (Å²) in [5, 5.41) is 5.13. The Hall–Kier alpha value is -2.99. The maximum absolute atomic E-state index is 12.5. The number of carbonyl (C=O) groups is 2. The lowest BCUT2D eigenvalue weighted by Gasteiger charge is -2.09. The van der Waals surface area contributed by atoms with Crippen molar-refractivity contribution in [1.29, 1.82) is 0 Å². The monoisotopic (exact) mass is 366 g/mol. The lowest BCUT2D eigenvalue weighted by Crippen LogP contribution is -2.15. The number of aromatic nitrogens is 1. The van der Waals surface area contributed by atoms with Crippen LogP contribution in [-0.2, 0) is 4.74 Å². The summed E-state index contributed by atoms with van der Waals surface area (Å²) in [4.78, 5) is 28.9. The van der Waals surface area contributed by atoms with Crippen molar-refractivity contribution in [3.8, 4) is 11.1 Å². The molecule has 3 rings (SSSR count). The Kier molecular flexibility index (Phi) is 5.43. The molecule has 26 heavy (non-hydrogen) atoms. The van der Waals surface area contributed by atoms with Crippen LogP contribution in [-0.4, -0.2) is 23.5 Å². The summed E-state index contributed by atoms with van der Waals surface area (Å²) in [5.74, 6) is -0.772. The van der Waals surface area contributed by atoms with Gasteiger partial charge in [0.2, 0.25) is 0 Å². The van der Waals surface area contributed by atoms with E-state index in [1.165, 1.54) is 17.5 Å². The zero-order chi connectivity index (χ0) is 18.5. The smallest absolute Gasteiger partial charge is 0.341 e. The molecule has 0 aliphatic carbocycles. The van der Waals surface area contributed by atoms with Gasteiger partial charge in [-0.25, -0.2) is 4.79 Å². The molecule has 132 valence electrons.